The quantitative estimate of drug-likeness (QED) is 0.568. The van der Waals surface area contributed by atoms with E-state index in [4.69, 9.17) is 16.0 Å². The molecule has 0 spiro atoms. The first-order valence-corrected chi connectivity index (χ1v) is 7.76. The van der Waals surface area contributed by atoms with Gasteiger partial charge in [0.1, 0.15) is 11.3 Å². The molecule has 0 aliphatic heterocycles. The molecule has 0 aliphatic carbocycles. The Morgan fingerprint density at radius 1 is 1.16 bits per heavy atom. The van der Waals surface area contributed by atoms with E-state index in [1.54, 1.807) is 18.2 Å². The number of fused-ring (bicyclic) bond motifs is 1. The molecule has 0 unspecified atom stereocenters. The highest BCUT2D eigenvalue weighted by Crippen LogP contribution is 2.25. The third-order valence-corrected chi connectivity index (χ3v) is 4.02. The summed E-state index contributed by atoms with van der Waals surface area (Å²) >= 11 is 6.15. The third kappa shape index (κ3) is 2.97. The first kappa shape index (κ1) is 15.3. The van der Waals surface area contributed by atoms with Crippen molar-refractivity contribution in [2.24, 2.45) is 0 Å². The van der Waals surface area contributed by atoms with Gasteiger partial charge in [-0.3, -0.25) is 0 Å². The molecule has 0 radical (unpaired) electrons. The van der Waals surface area contributed by atoms with E-state index in [1.807, 2.05) is 12.1 Å². The third-order valence-electron chi connectivity index (χ3n) is 3.69. The van der Waals surface area contributed by atoms with Crippen LogP contribution in [0.4, 0.5) is 0 Å². The fourth-order valence-electron chi connectivity index (χ4n) is 2.56. The molecule has 0 amide bonds. The molecule has 8 heteroatoms. The number of hydrogen-bond acceptors (Lipinski definition) is 6. The molecule has 0 saturated carbocycles. The summed E-state index contributed by atoms with van der Waals surface area (Å²) in [4.78, 5) is 13.1. The maximum Gasteiger partial charge on any atom is 0.336 e. The molecule has 25 heavy (non-hydrogen) atoms. The predicted molar refractivity (Wildman–Crippen MR) is 91.5 cm³/mol. The zero-order valence-corrected chi connectivity index (χ0v) is 13.5. The lowest BCUT2D eigenvalue weighted by molar-refractivity contribution is 0.473. The van der Waals surface area contributed by atoms with Gasteiger partial charge in [0.15, 0.2) is 0 Å². The SMILES string of the molecule is O=c1cc(Cn2nnc(-c3ccccc3Cl)n2)c2ccc(O)cc2o1. The maximum atomic E-state index is 11.7. The molecule has 0 aliphatic rings. The summed E-state index contributed by atoms with van der Waals surface area (Å²) in [5.41, 5.74) is 1.13. The Morgan fingerprint density at radius 2 is 2.00 bits per heavy atom. The van der Waals surface area contributed by atoms with Crippen LogP contribution < -0.4 is 5.63 Å². The Kier molecular flexibility index (Phi) is 3.70. The summed E-state index contributed by atoms with van der Waals surface area (Å²) in [6, 6.07) is 13.2. The van der Waals surface area contributed by atoms with Crippen molar-refractivity contribution in [1.29, 1.82) is 0 Å². The van der Waals surface area contributed by atoms with E-state index >= 15 is 0 Å². The van der Waals surface area contributed by atoms with Gasteiger partial charge in [0.05, 0.1) is 11.6 Å². The summed E-state index contributed by atoms with van der Waals surface area (Å²) in [6.07, 6.45) is 0. The van der Waals surface area contributed by atoms with Crippen LogP contribution in [0.25, 0.3) is 22.4 Å². The van der Waals surface area contributed by atoms with E-state index in [0.29, 0.717) is 32.9 Å². The van der Waals surface area contributed by atoms with Crippen LogP contribution >= 0.6 is 11.6 Å². The second-order valence-electron chi connectivity index (χ2n) is 5.39. The smallest absolute Gasteiger partial charge is 0.336 e. The molecular weight excluding hydrogens is 344 g/mol. The number of nitrogens with zero attached hydrogens (tertiary/aromatic N) is 4. The van der Waals surface area contributed by atoms with E-state index in [-0.39, 0.29) is 12.3 Å². The van der Waals surface area contributed by atoms with E-state index < -0.39 is 5.63 Å². The molecule has 0 saturated heterocycles. The van der Waals surface area contributed by atoms with Gasteiger partial charge in [0, 0.05) is 23.1 Å². The van der Waals surface area contributed by atoms with Crippen molar-refractivity contribution < 1.29 is 9.52 Å². The van der Waals surface area contributed by atoms with Crippen molar-refractivity contribution in [3.63, 3.8) is 0 Å². The highest BCUT2D eigenvalue weighted by Gasteiger charge is 2.12. The predicted octanol–water partition coefficient (Wildman–Crippen LogP) is 2.85. The minimum Gasteiger partial charge on any atom is -0.508 e. The molecule has 4 aromatic rings. The van der Waals surface area contributed by atoms with E-state index in [2.05, 4.69) is 15.4 Å². The van der Waals surface area contributed by atoms with Gasteiger partial charge >= 0.3 is 5.63 Å². The Bertz CT molecular complexity index is 1140. The first-order chi connectivity index (χ1) is 12.1. The minimum atomic E-state index is -0.514. The molecule has 2 aromatic heterocycles. The van der Waals surface area contributed by atoms with Crippen LogP contribution in [0.1, 0.15) is 5.56 Å². The van der Waals surface area contributed by atoms with Crippen LogP contribution in [0.5, 0.6) is 5.75 Å². The zero-order chi connectivity index (χ0) is 17.4. The van der Waals surface area contributed by atoms with Crippen LogP contribution in [0.15, 0.2) is 57.7 Å². The van der Waals surface area contributed by atoms with Gasteiger partial charge in [-0.1, -0.05) is 23.7 Å². The molecule has 2 aromatic carbocycles. The second-order valence-corrected chi connectivity index (χ2v) is 5.80. The van der Waals surface area contributed by atoms with Crippen LogP contribution in [-0.2, 0) is 6.54 Å². The molecule has 4 rings (SSSR count). The van der Waals surface area contributed by atoms with Gasteiger partial charge in [0.25, 0.3) is 0 Å². The fourth-order valence-corrected chi connectivity index (χ4v) is 2.78. The van der Waals surface area contributed by atoms with Crippen LogP contribution in [0.2, 0.25) is 5.02 Å². The van der Waals surface area contributed by atoms with Gasteiger partial charge in [-0.2, -0.15) is 4.80 Å². The molecule has 124 valence electrons. The maximum absolute atomic E-state index is 11.7. The molecule has 2 heterocycles. The summed E-state index contributed by atoms with van der Waals surface area (Å²) < 4.78 is 5.11. The Labute approximate surface area is 146 Å². The topological polar surface area (TPSA) is 94.0 Å². The Morgan fingerprint density at radius 3 is 2.84 bits per heavy atom. The number of hydrogen-bond donors (Lipinski definition) is 1. The normalized spacial score (nSPS) is 11.1. The van der Waals surface area contributed by atoms with Gasteiger partial charge in [-0.25, -0.2) is 4.79 Å². The molecule has 0 fully saturated rings. The summed E-state index contributed by atoms with van der Waals surface area (Å²) in [5, 5.41) is 23.1. The summed E-state index contributed by atoms with van der Waals surface area (Å²) in [5.74, 6) is 0.420. The minimum absolute atomic E-state index is 0.0210. The Hall–Kier alpha value is -3.19. The van der Waals surface area contributed by atoms with Crippen LogP contribution in [-0.4, -0.2) is 25.3 Å². The van der Waals surface area contributed by atoms with Crippen molar-refractivity contribution in [2.45, 2.75) is 6.54 Å². The van der Waals surface area contributed by atoms with Crippen molar-refractivity contribution in [1.82, 2.24) is 20.2 Å². The largest absolute Gasteiger partial charge is 0.508 e. The lowest BCUT2D eigenvalue weighted by Gasteiger charge is -2.04. The number of aromatic hydroxyl groups is 1. The average molecular weight is 355 g/mol. The van der Waals surface area contributed by atoms with E-state index in [0.717, 1.165) is 0 Å². The molecule has 0 atom stereocenters. The Balaban J connectivity index is 1.73. The average Bonchev–Trinajstić information content (AvgIpc) is 3.03. The standard InChI is InChI=1S/C17H11ClN4O3/c18-14-4-2-1-3-13(14)17-19-21-22(20-17)9-10-7-16(24)25-15-8-11(23)5-6-12(10)15/h1-8,23H,9H2. The highest BCUT2D eigenvalue weighted by atomic mass is 35.5. The number of phenolic OH excluding ortho intramolecular Hbond substituents is 1. The van der Waals surface area contributed by atoms with Gasteiger partial charge in [-0.05, 0) is 35.0 Å². The summed E-state index contributed by atoms with van der Waals surface area (Å²) in [6.45, 7) is 0.227. The number of phenols is 1. The number of halogens is 1. The second kappa shape index (κ2) is 6.03. The molecule has 7 nitrogen and oxygen atoms in total. The fraction of sp³-hybridized carbons (Fsp3) is 0.0588. The van der Waals surface area contributed by atoms with Crippen LogP contribution in [0, 0.1) is 0 Å². The van der Waals surface area contributed by atoms with Gasteiger partial charge in [0.2, 0.25) is 5.82 Å². The number of rotatable bonds is 3. The lowest BCUT2D eigenvalue weighted by Crippen LogP contribution is -2.08. The number of aromatic nitrogens is 4. The molecule has 0 bridgehead atoms. The first-order valence-electron chi connectivity index (χ1n) is 7.38. The molecule has 1 N–H and O–H groups in total. The van der Waals surface area contributed by atoms with E-state index in [9.17, 15) is 9.90 Å². The lowest BCUT2D eigenvalue weighted by atomic mass is 10.1. The van der Waals surface area contributed by atoms with E-state index in [1.165, 1.54) is 23.0 Å². The number of tetrazole rings is 1. The zero-order valence-electron chi connectivity index (χ0n) is 12.8. The molecular formula is C17H11ClN4O3. The van der Waals surface area contributed by atoms with Crippen molar-refractivity contribution in [3.05, 3.63) is 69.5 Å². The van der Waals surface area contributed by atoms with Crippen molar-refractivity contribution in [3.8, 4) is 17.1 Å². The highest BCUT2D eigenvalue weighted by molar-refractivity contribution is 6.33. The van der Waals surface area contributed by atoms with Gasteiger partial charge < -0.3 is 9.52 Å². The van der Waals surface area contributed by atoms with Crippen LogP contribution in [0.3, 0.4) is 0 Å². The van der Waals surface area contributed by atoms with Crippen molar-refractivity contribution >= 4 is 22.6 Å². The van der Waals surface area contributed by atoms with Crippen molar-refractivity contribution in [2.75, 3.05) is 0 Å². The number of benzene rings is 2. The monoisotopic (exact) mass is 354 g/mol. The van der Waals surface area contributed by atoms with Gasteiger partial charge in [-0.15, -0.1) is 10.2 Å². The summed E-state index contributed by atoms with van der Waals surface area (Å²) in [7, 11) is 0.